The SMILES string of the molecule is C=C1C[C@@]23C[C@@]1(O)CC[C@@H]2[C@@]12C=C[C@H](O)[C@@](C)(C(=O)O1)[C@H]2[C@@H]3C(=O)O. The van der Waals surface area contributed by atoms with Crippen molar-refractivity contribution in [2.24, 2.45) is 28.6 Å². The number of carbonyl (C=O) groups excluding carboxylic acids is 1. The molecule has 0 aromatic heterocycles. The number of ether oxygens (including phenoxy) is 1. The lowest BCUT2D eigenvalue weighted by molar-refractivity contribution is -0.163. The normalized spacial score (nSPS) is 58.0. The molecule has 8 atom stereocenters. The molecule has 0 radical (unpaired) electrons. The second kappa shape index (κ2) is 4.01. The number of aliphatic hydroxyl groups is 2. The third-order valence-corrected chi connectivity index (χ3v) is 8.12. The Morgan fingerprint density at radius 3 is 2.84 bits per heavy atom. The van der Waals surface area contributed by atoms with E-state index in [4.69, 9.17) is 4.74 Å². The standard InChI is InChI=1S/C19H22O6/c1-9-7-17-8-18(9,24)5-3-10(17)19-6-4-11(20)16(2,15(23)25-19)13(19)12(17)14(21)22/h4,6,10-13,20,24H,1,3,5,7-8H2,2H3,(H,21,22)/t10-,11-,12+,13+,16+,17+,18-,19+/m0/s1. The summed E-state index contributed by atoms with van der Waals surface area (Å²) < 4.78 is 5.87. The molecule has 0 aromatic rings. The molecule has 3 saturated carbocycles. The maximum absolute atomic E-state index is 12.7. The van der Waals surface area contributed by atoms with Gasteiger partial charge >= 0.3 is 11.9 Å². The van der Waals surface area contributed by atoms with Crippen LogP contribution < -0.4 is 0 Å². The molecule has 134 valence electrons. The molecule has 1 aliphatic heterocycles. The molecule has 1 saturated heterocycles. The number of carbonyl (C=O) groups is 2. The van der Waals surface area contributed by atoms with Crippen molar-refractivity contribution < 1.29 is 29.6 Å². The Morgan fingerprint density at radius 1 is 1.44 bits per heavy atom. The average molecular weight is 346 g/mol. The maximum atomic E-state index is 12.7. The second-order valence-corrected chi connectivity index (χ2v) is 8.94. The van der Waals surface area contributed by atoms with Gasteiger partial charge in [-0.15, -0.1) is 0 Å². The lowest BCUT2D eigenvalue weighted by atomic mass is 9.61. The van der Waals surface area contributed by atoms with E-state index in [1.807, 2.05) is 0 Å². The number of fused-ring (bicyclic) bond motifs is 1. The fraction of sp³-hybridized carbons (Fsp3) is 0.684. The van der Waals surface area contributed by atoms with E-state index >= 15 is 0 Å². The van der Waals surface area contributed by atoms with Crippen LogP contribution in [0.5, 0.6) is 0 Å². The molecular weight excluding hydrogens is 324 g/mol. The molecule has 4 aliphatic carbocycles. The van der Waals surface area contributed by atoms with Crippen molar-refractivity contribution in [3.63, 3.8) is 0 Å². The minimum Gasteiger partial charge on any atom is -0.481 e. The summed E-state index contributed by atoms with van der Waals surface area (Å²) in [5.74, 6) is -3.18. The molecule has 0 amide bonds. The zero-order valence-corrected chi connectivity index (χ0v) is 14.1. The van der Waals surface area contributed by atoms with Gasteiger partial charge in [-0.2, -0.15) is 0 Å². The fourth-order valence-electron chi connectivity index (χ4n) is 7.13. The molecule has 25 heavy (non-hydrogen) atoms. The van der Waals surface area contributed by atoms with Gasteiger partial charge in [0.2, 0.25) is 0 Å². The van der Waals surface area contributed by atoms with Crippen molar-refractivity contribution in [3.05, 3.63) is 24.3 Å². The van der Waals surface area contributed by atoms with E-state index < -0.39 is 51.9 Å². The Balaban J connectivity index is 1.78. The first-order valence-corrected chi connectivity index (χ1v) is 8.86. The molecule has 3 N–H and O–H groups in total. The van der Waals surface area contributed by atoms with Crippen LogP contribution in [-0.2, 0) is 14.3 Å². The highest BCUT2D eigenvalue weighted by molar-refractivity contribution is 5.86. The second-order valence-electron chi connectivity index (χ2n) is 8.94. The van der Waals surface area contributed by atoms with Crippen LogP contribution in [0.1, 0.15) is 32.6 Å². The molecule has 1 spiro atoms. The van der Waals surface area contributed by atoms with E-state index in [9.17, 15) is 24.9 Å². The van der Waals surface area contributed by atoms with Crippen molar-refractivity contribution >= 4 is 11.9 Å². The van der Waals surface area contributed by atoms with Crippen molar-refractivity contribution in [2.45, 2.75) is 49.9 Å². The van der Waals surface area contributed by atoms with Gasteiger partial charge in [-0.25, -0.2) is 0 Å². The number of hydrogen-bond acceptors (Lipinski definition) is 5. The van der Waals surface area contributed by atoms with Crippen molar-refractivity contribution in [1.29, 1.82) is 0 Å². The summed E-state index contributed by atoms with van der Waals surface area (Å²) in [4.78, 5) is 25.1. The molecule has 0 aromatic carbocycles. The number of aliphatic hydroxyl groups excluding tert-OH is 1. The molecule has 4 bridgehead atoms. The Kier molecular flexibility index (Phi) is 2.50. The van der Waals surface area contributed by atoms with Crippen LogP contribution >= 0.6 is 0 Å². The lowest BCUT2D eigenvalue weighted by Crippen LogP contribution is -2.50. The van der Waals surface area contributed by atoms with Crippen LogP contribution in [0.3, 0.4) is 0 Å². The molecular formula is C19H22O6. The summed E-state index contributed by atoms with van der Waals surface area (Å²) in [7, 11) is 0. The van der Waals surface area contributed by atoms with E-state index in [0.29, 0.717) is 31.3 Å². The van der Waals surface area contributed by atoms with Gasteiger partial charge in [-0.05, 0) is 49.7 Å². The summed E-state index contributed by atoms with van der Waals surface area (Å²) in [6.07, 6.45) is 4.11. The lowest BCUT2D eigenvalue weighted by Gasteiger charge is -2.44. The number of esters is 1. The number of hydrogen-bond donors (Lipinski definition) is 3. The minimum atomic E-state index is -1.27. The summed E-state index contributed by atoms with van der Waals surface area (Å²) in [6, 6.07) is 0. The minimum absolute atomic E-state index is 0.180. The molecule has 4 fully saturated rings. The van der Waals surface area contributed by atoms with Gasteiger partial charge in [0.05, 0.1) is 17.6 Å². The highest BCUT2D eigenvalue weighted by atomic mass is 16.6. The first-order chi connectivity index (χ1) is 11.6. The van der Waals surface area contributed by atoms with Gasteiger partial charge in [0.25, 0.3) is 0 Å². The van der Waals surface area contributed by atoms with Crippen LogP contribution in [0.25, 0.3) is 0 Å². The van der Waals surface area contributed by atoms with Gasteiger partial charge in [0.15, 0.2) is 0 Å². The van der Waals surface area contributed by atoms with Crippen LogP contribution in [-0.4, -0.2) is 44.6 Å². The maximum Gasteiger partial charge on any atom is 0.316 e. The zero-order valence-electron chi connectivity index (χ0n) is 14.1. The number of carboxylic acids is 1. The van der Waals surface area contributed by atoms with Crippen molar-refractivity contribution in [1.82, 2.24) is 0 Å². The third kappa shape index (κ3) is 1.36. The van der Waals surface area contributed by atoms with Crippen molar-refractivity contribution in [2.75, 3.05) is 0 Å². The number of rotatable bonds is 1. The van der Waals surface area contributed by atoms with Crippen molar-refractivity contribution in [3.8, 4) is 0 Å². The van der Waals surface area contributed by atoms with Crippen LogP contribution in [0.2, 0.25) is 0 Å². The van der Waals surface area contributed by atoms with Gasteiger partial charge in [0.1, 0.15) is 11.0 Å². The number of aliphatic carboxylic acids is 1. The highest BCUT2D eigenvalue weighted by Gasteiger charge is 2.83. The first-order valence-electron chi connectivity index (χ1n) is 8.86. The number of carboxylic acid groups (broad SMARTS) is 1. The van der Waals surface area contributed by atoms with Gasteiger partial charge in [-0.3, -0.25) is 9.59 Å². The molecule has 1 heterocycles. The van der Waals surface area contributed by atoms with E-state index in [1.54, 1.807) is 19.1 Å². The Morgan fingerprint density at radius 2 is 2.16 bits per heavy atom. The fourth-order valence-corrected chi connectivity index (χ4v) is 7.13. The summed E-state index contributed by atoms with van der Waals surface area (Å²) in [5.41, 5.74) is -3.29. The molecule has 5 aliphatic rings. The topological polar surface area (TPSA) is 104 Å². The Bertz CT molecular complexity index is 772. The third-order valence-electron chi connectivity index (χ3n) is 8.12. The van der Waals surface area contributed by atoms with Gasteiger partial charge < -0.3 is 20.1 Å². The first kappa shape index (κ1) is 15.6. The van der Waals surface area contributed by atoms with Crippen LogP contribution in [0, 0.1) is 28.6 Å². The smallest absolute Gasteiger partial charge is 0.316 e. The monoisotopic (exact) mass is 346 g/mol. The van der Waals surface area contributed by atoms with E-state index in [-0.39, 0.29) is 5.92 Å². The average Bonchev–Trinajstić information content (AvgIpc) is 2.95. The molecule has 5 rings (SSSR count). The van der Waals surface area contributed by atoms with Crippen LogP contribution in [0.4, 0.5) is 0 Å². The molecule has 6 nitrogen and oxygen atoms in total. The summed E-state index contributed by atoms with van der Waals surface area (Å²) >= 11 is 0. The zero-order chi connectivity index (χ0) is 18.0. The summed E-state index contributed by atoms with van der Waals surface area (Å²) in [6.45, 7) is 5.64. The molecule has 0 unspecified atom stereocenters. The van der Waals surface area contributed by atoms with Gasteiger partial charge in [0, 0.05) is 11.8 Å². The Labute approximate surface area is 145 Å². The van der Waals surface area contributed by atoms with E-state index in [2.05, 4.69) is 6.58 Å². The van der Waals surface area contributed by atoms with Gasteiger partial charge in [-0.1, -0.05) is 12.7 Å². The quantitative estimate of drug-likeness (QED) is 0.484. The largest absolute Gasteiger partial charge is 0.481 e. The van der Waals surface area contributed by atoms with E-state index in [1.165, 1.54) is 0 Å². The predicted molar refractivity (Wildman–Crippen MR) is 85.2 cm³/mol. The van der Waals surface area contributed by atoms with Crippen LogP contribution in [0.15, 0.2) is 24.3 Å². The molecule has 6 heteroatoms. The highest BCUT2D eigenvalue weighted by Crippen LogP contribution is 2.77. The summed E-state index contributed by atoms with van der Waals surface area (Å²) in [5, 5.41) is 31.6. The Hall–Kier alpha value is -1.66. The van der Waals surface area contributed by atoms with E-state index in [0.717, 1.165) is 0 Å². The predicted octanol–water partition coefficient (Wildman–Crippen LogP) is 1.03.